The van der Waals surface area contributed by atoms with Crippen molar-refractivity contribution in [3.8, 4) is 0 Å². The normalized spacial score (nSPS) is 16.1. The minimum absolute atomic E-state index is 0.162. The summed E-state index contributed by atoms with van der Waals surface area (Å²) >= 11 is 6.28. The van der Waals surface area contributed by atoms with Gasteiger partial charge in [0.1, 0.15) is 11.5 Å². The van der Waals surface area contributed by atoms with E-state index in [1.165, 1.54) is 6.33 Å². The third-order valence-electron chi connectivity index (χ3n) is 3.92. The lowest BCUT2D eigenvalue weighted by Gasteiger charge is -2.11. The first-order valence-corrected chi connectivity index (χ1v) is 7.11. The molecule has 0 amide bonds. The van der Waals surface area contributed by atoms with Crippen molar-refractivity contribution < 1.29 is 0 Å². The van der Waals surface area contributed by atoms with Crippen molar-refractivity contribution in [1.29, 1.82) is 0 Å². The molecule has 1 aliphatic rings. The topological polar surface area (TPSA) is 68.0 Å². The van der Waals surface area contributed by atoms with Crippen LogP contribution in [0.1, 0.15) is 25.3 Å². The van der Waals surface area contributed by atoms with Crippen molar-refractivity contribution >= 4 is 28.9 Å². The van der Waals surface area contributed by atoms with Crippen LogP contribution in [0.25, 0.3) is 5.65 Å². The van der Waals surface area contributed by atoms with Gasteiger partial charge in [-0.15, -0.1) is 0 Å². The van der Waals surface area contributed by atoms with Crippen LogP contribution >= 0.6 is 11.6 Å². The van der Waals surface area contributed by atoms with E-state index in [1.807, 2.05) is 24.5 Å². The molecular weight excluding hydrogens is 288 g/mol. The van der Waals surface area contributed by atoms with Gasteiger partial charge >= 0.3 is 0 Å². The standard InChI is InChI=1S/C14H13ClN6/c1-14(4-5-14)10-6-16-13(20-12(10)15)19-9-2-3-11-17-8-18-21(11)7-9/h2-3,6-8H,4-5H2,1H3,(H,16,19,20). The molecule has 1 fully saturated rings. The van der Waals surface area contributed by atoms with Crippen LogP contribution in [-0.4, -0.2) is 24.6 Å². The van der Waals surface area contributed by atoms with E-state index in [-0.39, 0.29) is 5.41 Å². The number of anilines is 2. The highest BCUT2D eigenvalue weighted by molar-refractivity contribution is 6.30. The summed E-state index contributed by atoms with van der Waals surface area (Å²) in [5.41, 5.74) is 2.81. The number of hydrogen-bond donors (Lipinski definition) is 1. The molecule has 1 aliphatic carbocycles. The van der Waals surface area contributed by atoms with Crippen LogP contribution in [0, 0.1) is 0 Å². The van der Waals surface area contributed by atoms with E-state index in [9.17, 15) is 0 Å². The zero-order valence-electron chi connectivity index (χ0n) is 11.4. The van der Waals surface area contributed by atoms with E-state index >= 15 is 0 Å². The first-order valence-electron chi connectivity index (χ1n) is 6.73. The predicted octanol–water partition coefficient (Wildman–Crippen LogP) is 2.97. The molecule has 0 aliphatic heterocycles. The lowest BCUT2D eigenvalue weighted by Crippen LogP contribution is -2.06. The number of fused-ring (bicyclic) bond motifs is 1. The molecule has 3 aromatic rings. The van der Waals surface area contributed by atoms with Gasteiger partial charge in [0, 0.05) is 11.8 Å². The molecule has 0 aromatic carbocycles. The van der Waals surface area contributed by atoms with Crippen LogP contribution in [0.4, 0.5) is 11.6 Å². The lowest BCUT2D eigenvalue weighted by molar-refractivity contribution is 0.774. The Morgan fingerprint density at radius 3 is 2.90 bits per heavy atom. The van der Waals surface area contributed by atoms with Crippen LogP contribution in [0.5, 0.6) is 0 Å². The van der Waals surface area contributed by atoms with Gasteiger partial charge in [-0.25, -0.2) is 19.5 Å². The number of pyridine rings is 1. The monoisotopic (exact) mass is 300 g/mol. The van der Waals surface area contributed by atoms with Gasteiger partial charge in [0.15, 0.2) is 5.65 Å². The average Bonchev–Trinajstić information content (AvgIpc) is 3.03. The summed E-state index contributed by atoms with van der Waals surface area (Å²) in [5.74, 6) is 0.479. The highest BCUT2D eigenvalue weighted by Crippen LogP contribution is 2.49. The fourth-order valence-corrected chi connectivity index (χ4v) is 2.66. The zero-order valence-corrected chi connectivity index (χ0v) is 12.2. The number of nitrogens with one attached hydrogen (secondary N) is 1. The Kier molecular flexibility index (Phi) is 2.62. The second kappa shape index (κ2) is 4.39. The van der Waals surface area contributed by atoms with Crippen molar-refractivity contribution in [3.05, 3.63) is 41.6 Å². The Hall–Kier alpha value is -2.21. The van der Waals surface area contributed by atoms with E-state index in [0.717, 1.165) is 29.7 Å². The summed E-state index contributed by atoms with van der Waals surface area (Å²) in [7, 11) is 0. The predicted molar refractivity (Wildman–Crippen MR) is 79.9 cm³/mol. The lowest BCUT2D eigenvalue weighted by atomic mass is 10.0. The van der Waals surface area contributed by atoms with Gasteiger partial charge in [-0.1, -0.05) is 18.5 Å². The Labute approximate surface area is 126 Å². The van der Waals surface area contributed by atoms with Crippen LogP contribution in [0.15, 0.2) is 30.9 Å². The molecule has 21 heavy (non-hydrogen) atoms. The Morgan fingerprint density at radius 1 is 1.29 bits per heavy atom. The van der Waals surface area contributed by atoms with E-state index in [4.69, 9.17) is 11.6 Å². The number of halogens is 1. The minimum atomic E-state index is 0.162. The molecule has 0 atom stereocenters. The van der Waals surface area contributed by atoms with Crippen LogP contribution < -0.4 is 5.32 Å². The SMILES string of the molecule is CC1(c2cnc(Nc3ccc4ncnn4c3)nc2Cl)CC1. The average molecular weight is 301 g/mol. The van der Waals surface area contributed by atoms with Gasteiger partial charge in [0.2, 0.25) is 5.95 Å². The maximum atomic E-state index is 6.28. The molecule has 7 heteroatoms. The summed E-state index contributed by atoms with van der Waals surface area (Å²) in [6.45, 7) is 2.18. The third-order valence-corrected chi connectivity index (χ3v) is 4.21. The summed E-state index contributed by atoms with van der Waals surface area (Å²) in [4.78, 5) is 12.8. The summed E-state index contributed by atoms with van der Waals surface area (Å²) in [6.07, 6.45) is 7.45. The molecule has 1 saturated carbocycles. The molecule has 1 N–H and O–H groups in total. The van der Waals surface area contributed by atoms with E-state index in [0.29, 0.717) is 11.1 Å². The van der Waals surface area contributed by atoms with E-state index in [1.54, 1.807) is 4.52 Å². The first kappa shape index (κ1) is 12.5. The van der Waals surface area contributed by atoms with Crippen molar-refractivity contribution in [2.45, 2.75) is 25.2 Å². The number of aromatic nitrogens is 5. The maximum Gasteiger partial charge on any atom is 0.228 e. The second-order valence-corrected chi connectivity index (χ2v) is 5.92. The number of nitrogens with zero attached hydrogens (tertiary/aromatic N) is 5. The van der Waals surface area contributed by atoms with Crippen LogP contribution in [-0.2, 0) is 5.41 Å². The summed E-state index contributed by atoms with van der Waals surface area (Å²) in [6, 6.07) is 3.77. The van der Waals surface area contributed by atoms with Gasteiger partial charge in [-0.2, -0.15) is 5.10 Å². The van der Waals surface area contributed by atoms with Crippen LogP contribution in [0.2, 0.25) is 5.15 Å². The quantitative estimate of drug-likeness (QED) is 0.753. The first-order chi connectivity index (χ1) is 10.1. The van der Waals surface area contributed by atoms with Crippen molar-refractivity contribution in [2.75, 3.05) is 5.32 Å². The molecule has 6 nitrogen and oxygen atoms in total. The van der Waals surface area contributed by atoms with Crippen molar-refractivity contribution in [3.63, 3.8) is 0 Å². The molecular formula is C14H13ClN6. The van der Waals surface area contributed by atoms with E-state index < -0.39 is 0 Å². The fraction of sp³-hybridized carbons (Fsp3) is 0.286. The molecule has 106 valence electrons. The van der Waals surface area contributed by atoms with Gasteiger partial charge < -0.3 is 5.32 Å². The molecule has 3 heterocycles. The Morgan fingerprint density at radius 2 is 2.14 bits per heavy atom. The molecule has 3 aromatic heterocycles. The maximum absolute atomic E-state index is 6.28. The molecule has 0 saturated heterocycles. The smallest absolute Gasteiger partial charge is 0.228 e. The molecule has 0 radical (unpaired) electrons. The molecule has 4 rings (SSSR count). The van der Waals surface area contributed by atoms with Gasteiger partial charge in [-0.3, -0.25) is 0 Å². The Balaban J connectivity index is 1.63. The van der Waals surface area contributed by atoms with Crippen molar-refractivity contribution in [1.82, 2.24) is 24.6 Å². The van der Waals surface area contributed by atoms with Crippen molar-refractivity contribution in [2.24, 2.45) is 0 Å². The molecule has 0 unspecified atom stereocenters. The van der Waals surface area contributed by atoms with Gasteiger partial charge in [0.05, 0.1) is 11.9 Å². The highest BCUT2D eigenvalue weighted by atomic mass is 35.5. The zero-order chi connectivity index (χ0) is 14.4. The number of hydrogen-bond acceptors (Lipinski definition) is 5. The van der Waals surface area contributed by atoms with Crippen LogP contribution in [0.3, 0.4) is 0 Å². The second-order valence-electron chi connectivity index (χ2n) is 5.56. The summed E-state index contributed by atoms with van der Waals surface area (Å²) < 4.78 is 1.68. The molecule has 0 bridgehead atoms. The number of rotatable bonds is 3. The minimum Gasteiger partial charge on any atom is -0.323 e. The largest absolute Gasteiger partial charge is 0.323 e. The fourth-order valence-electron chi connectivity index (χ4n) is 2.30. The van der Waals surface area contributed by atoms with Gasteiger partial charge in [0.25, 0.3) is 0 Å². The highest BCUT2D eigenvalue weighted by Gasteiger charge is 2.41. The Bertz CT molecular complexity index is 823. The third kappa shape index (κ3) is 2.21. The van der Waals surface area contributed by atoms with E-state index in [2.05, 4.69) is 32.3 Å². The van der Waals surface area contributed by atoms with Gasteiger partial charge in [-0.05, 0) is 30.4 Å². The molecule has 0 spiro atoms. The summed E-state index contributed by atoms with van der Waals surface area (Å²) in [5, 5.41) is 7.74.